The van der Waals surface area contributed by atoms with Crippen LogP contribution >= 0.6 is 0 Å². The van der Waals surface area contributed by atoms with E-state index < -0.39 is 0 Å². The number of rotatable bonds is 1. The van der Waals surface area contributed by atoms with E-state index >= 15 is 0 Å². The predicted molar refractivity (Wildman–Crippen MR) is 52.2 cm³/mol. The topological polar surface area (TPSA) is 74.0 Å². The van der Waals surface area contributed by atoms with Crippen molar-refractivity contribution in [3.05, 3.63) is 29.8 Å². The summed E-state index contributed by atoms with van der Waals surface area (Å²) in [5.41, 5.74) is 6.88. The minimum absolute atomic E-state index is 0.210. The number of anilines is 1. The molecule has 0 atom stereocenters. The first-order valence-corrected chi connectivity index (χ1v) is 4.17. The summed E-state index contributed by atoms with van der Waals surface area (Å²) >= 11 is 0. The molecule has 0 aliphatic carbocycles. The van der Waals surface area contributed by atoms with E-state index in [1.807, 2.05) is 18.2 Å². The molecule has 2 aromatic rings. The van der Waals surface area contributed by atoms with Crippen molar-refractivity contribution in [2.24, 2.45) is 0 Å². The zero-order valence-electron chi connectivity index (χ0n) is 7.78. The number of para-hydroxylation sites is 1. The zero-order chi connectivity index (χ0) is 10.1. The lowest BCUT2D eigenvalue weighted by Crippen LogP contribution is -2.45. The molecule has 1 heterocycles. The second kappa shape index (κ2) is 3.06. The second-order valence-electron chi connectivity index (χ2n) is 2.94. The third-order valence-corrected chi connectivity index (χ3v) is 2.04. The summed E-state index contributed by atoms with van der Waals surface area (Å²) in [6.45, 7) is 0. The fourth-order valence-corrected chi connectivity index (χ4v) is 1.32. The van der Waals surface area contributed by atoms with Crippen LogP contribution in [-0.4, -0.2) is 7.11 Å². The van der Waals surface area contributed by atoms with Crippen LogP contribution in [-0.2, 0) is 0 Å². The van der Waals surface area contributed by atoms with Crippen molar-refractivity contribution in [3.63, 3.8) is 0 Å². The van der Waals surface area contributed by atoms with Crippen LogP contribution in [0.15, 0.2) is 28.7 Å². The van der Waals surface area contributed by atoms with Crippen molar-refractivity contribution in [1.29, 1.82) is 0 Å². The number of ether oxygens (including phenoxy) is 1. The van der Waals surface area contributed by atoms with Gasteiger partial charge in [0.15, 0.2) is 11.3 Å². The number of methoxy groups -OCH3 is 1. The lowest BCUT2D eigenvalue weighted by atomic mass is 10.2. The lowest BCUT2D eigenvalue weighted by molar-refractivity contribution is -0.196. The first-order valence-electron chi connectivity index (χ1n) is 4.17. The van der Waals surface area contributed by atoms with Crippen molar-refractivity contribution >= 4 is 16.7 Å². The molecule has 1 aromatic heterocycles. The quantitative estimate of drug-likeness (QED) is 0.649. The van der Waals surface area contributed by atoms with Gasteiger partial charge in [0, 0.05) is 5.39 Å². The van der Waals surface area contributed by atoms with Gasteiger partial charge in [-0.15, -0.1) is 0 Å². The maximum atomic E-state index is 5.62. The Kier molecular flexibility index (Phi) is 1.89. The molecule has 0 saturated heterocycles. The van der Waals surface area contributed by atoms with E-state index in [-0.39, 0.29) is 5.55 Å². The molecule has 0 radical (unpaired) electrons. The van der Waals surface area contributed by atoms with Gasteiger partial charge in [-0.05, 0) is 12.1 Å². The molecule has 4 heteroatoms. The summed E-state index contributed by atoms with van der Waals surface area (Å²) in [6, 6.07) is 7.32. The molecule has 0 unspecified atom stereocenters. The van der Waals surface area contributed by atoms with Crippen LogP contribution in [0.2, 0.25) is 0 Å². The van der Waals surface area contributed by atoms with Crippen LogP contribution in [0, 0.1) is 0 Å². The summed E-state index contributed by atoms with van der Waals surface area (Å²) in [7, 11) is 1.58. The Bertz CT molecular complexity index is 531. The highest BCUT2D eigenvalue weighted by molar-refractivity contribution is 5.84. The zero-order valence-corrected chi connectivity index (χ0v) is 7.78. The molecule has 0 saturated carbocycles. The van der Waals surface area contributed by atoms with Crippen LogP contribution < -0.4 is 21.4 Å². The van der Waals surface area contributed by atoms with Crippen molar-refractivity contribution in [2.45, 2.75) is 0 Å². The molecule has 0 bridgehead atoms. The van der Waals surface area contributed by atoms with Gasteiger partial charge < -0.3 is 14.9 Å². The van der Waals surface area contributed by atoms with Gasteiger partial charge in [0.2, 0.25) is 0 Å². The monoisotopic (exact) mass is 191 g/mol. The fraction of sp³-hybridized carbons (Fsp3) is 0.100. The molecule has 14 heavy (non-hydrogen) atoms. The van der Waals surface area contributed by atoms with Crippen LogP contribution in [0.3, 0.4) is 0 Å². The third-order valence-electron chi connectivity index (χ3n) is 2.04. The predicted octanol–water partition coefficient (Wildman–Crippen LogP) is -0.317. The van der Waals surface area contributed by atoms with Crippen LogP contribution in [0.1, 0.15) is 0 Å². The molecule has 72 valence electrons. The Labute approximate surface area is 80.4 Å². The number of hydrogen-bond acceptors (Lipinski definition) is 3. The van der Waals surface area contributed by atoms with Crippen LogP contribution in [0.25, 0.3) is 11.0 Å². The van der Waals surface area contributed by atoms with E-state index in [9.17, 15) is 0 Å². The highest BCUT2D eigenvalue weighted by atomic mass is 16.5. The largest absolute Gasteiger partial charge is 0.493 e. The molecule has 0 fully saturated rings. The lowest BCUT2D eigenvalue weighted by Gasteiger charge is -2.02. The second-order valence-corrected chi connectivity index (χ2v) is 2.94. The molecule has 0 aliphatic heterocycles. The van der Waals surface area contributed by atoms with Crippen molar-refractivity contribution in [2.75, 3.05) is 12.8 Å². The van der Waals surface area contributed by atoms with Gasteiger partial charge in [-0.1, -0.05) is 12.1 Å². The first kappa shape index (κ1) is 8.62. The molecule has 0 amide bonds. The van der Waals surface area contributed by atoms with Crippen molar-refractivity contribution in [3.8, 4) is 5.75 Å². The number of nitrogens with two attached hydrogens (primary N) is 2. The van der Waals surface area contributed by atoms with Crippen molar-refractivity contribution < 1.29 is 14.6 Å². The van der Waals surface area contributed by atoms with Gasteiger partial charge in [-0.3, -0.25) is 0 Å². The minimum atomic E-state index is 0.210. The van der Waals surface area contributed by atoms with Gasteiger partial charge in [0.1, 0.15) is 5.69 Å². The van der Waals surface area contributed by atoms with Gasteiger partial charge in [-0.25, -0.2) is 5.41 Å². The average Bonchev–Trinajstić information content (AvgIpc) is 2.19. The van der Waals surface area contributed by atoms with E-state index in [0.717, 1.165) is 5.39 Å². The van der Waals surface area contributed by atoms with Gasteiger partial charge >= 0.3 is 5.55 Å². The highest BCUT2D eigenvalue weighted by Gasteiger charge is 2.06. The summed E-state index contributed by atoms with van der Waals surface area (Å²) in [5, 5.41) is 6.43. The Balaban J connectivity index is 2.88. The van der Waals surface area contributed by atoms with E-state index in [1.165, 1.54) is 0 Å². The standard InChI is InChI=1S/C10H10N2O2/c1-13-8-4-2-3-6-5-7(11)10(12)14-9(6)8/h2-5,12H,11H2,1H3/p+1. The fourth-order valence-electron chi connectivity index (χ4n) is 1.32. The van der Waals surface area contributed by atoms with E-state index in [0.29, 0.717) is 17.0 Å². The Hall–Kier alpha value is -1.97. The number of nitrogen functional groups attached to an aromatic ring is 1. The van der Waals surface area contributed by atoms with Crippen molar-refractivity contribution in [1.82, 2.24) is 0 Å². The normalized spacial score (nSPS) is 10.4. The van der Waals surface area contributed by atoms with Crippen LogP contribution in [0.5, 0.6) is 5.75 Å². The molecular weight excluding hydrogens is 180 g/mol. The van der Waals surface area contributed by atoms with Gasteiger partial charge in [0.25, 0.3) is 0 Å². The maximum absolute atomic E-state index is 5.62. The minimum Gasteiger partial charge on any atom is -0.493 e. The summed E-state index contributed by atoms with van der Waals surface area (Å²) in [4.78, 5) is 0. The maximum Gasteiger partial charge on any atom is 0.388 e. The van der Waals surface area contributed by atoms with Gasteiger partial charge in [-0.2, -0.15) is 0 Å². The smallest absolute Gasteiger partial charge is 0.388 e. The Morgan fingerprint density at radius 2 is 2.21 bits per heavy atom. The Morgan fingerprint density at radius 1 is 1.43 bits per heavy atom. The first-order chi connectivity index (χ1) is 6.72. The van der Waals surface area contributed by atoms with Gasteiger partial charge in [0.05, 0.1) is 7.11 Å². The Morgan fingerprint density at radius 3 is 2.93 bits per heavy atom. The third kappa shape index (κ3) is 1.21. The van der Waals surface area contributed by atoms with Crippen LogP contribution in [0.4, 0.5) is 5.69 Å². The average molecular weight is 191 g/mol. The number of hydrogen-bond donors (Lipinski definition) is 2. The molecule has 0 aliphatic rings. The number of fused-ring (bicyclic) bond motifs is 1. The summed E-state index contributed by atoms with van der Waals surface area (Å²) in [5.74, 6) is 0.647. The highest BCUT2D eigenvalue weighted by Crippen LogP contribution is 2.24. The molecule has 4 N–H and O–H groups in total. The molecule has 4 nitrogen and oxygen atoms in total. The summed E-state index contributed by atoms with van der Waals surface area (Å²) < 4.78 is 10.5. The SMILES string of the molecule is COc1cccc2cc(N)c(=[NH2+])oc12. The van der Waals surface area contributed by atoms with E-state index in [1.54, 1.807) is 13.2 Å². The molecule has 1 aromatic carbocycles. The summed E-state index contributed by atoms with van der Waals surface area (Å²) in [6.07, 6.45) is 0. The van der Waals surface area contributed by atoms with E-state index in [4.69, 9.17) is 20.3 Å². The number of benzene rings is 1. The molecule has 2 rings (SSSR count). The molecular formula is C10H11N2O2+. The molecule has 0 spiro atoms. The van der Waals surface area contributed by atoms with E-state index in [2.05, 4.69) is 0 Å².